The van der Waals surface area contributed by atoms with Crippen LogP contribution in [-0.2, 0) is 17.6 Å². The summed E-state index contributed by atoms with van der Waals surface area (Å²) in [5, 5.41) is 9.34. The van der Waals surface area contributed by atoms with Crippen LogP contribution in [-0.4, -0.2) is 11.1 Å². The van der Waals surface area contributed by atoms with Gasteiger partial charge >= 0.3 is 5.97 Å². The smallest absolute Gasteiger partial charge is 0.307 e. The van der Waals surface area contributed by atoms with E-state index in [1.807, 2.05) is 36.4 Å². The van der Waals surface area contributed by atoms with Gasteiger partial charge in [0.05, 0.1) is 9.70 Å². The summed E-state index contributed by atoms with van der Waals surface area (Å²) in [5.74, 6) is -1.13. The lowest BCUT2D eigenvalue weighted by Gasteiger charge is -2.11. The van der Waals surface area contributed by atoms with E-state index < -0.39 is 5.97 Å². The van der Waals surface area contributed by atoms with Crippen LogP contribution in [0.1, 0.15) is 10.4 Å². The van der Waals surface area contributed by atoms with E-state index in [-0.39, 0.29) is 5.92 Å². The second kappa shape index (κ2) is 6.68. The first kappa shape index (κ1) is 14.8. The van der Waals surface area contributed by atoms with E-state index in [0.717, 1.165) is 18.7 Å². The summed E-state index contributed by atoms with van der Waals surface area (Å²) in [4.78, 5) is 12.5. The molecule has 1 N–H and O–H groups in total. The number of carboxylic acids is 1. The van der Waals surface area contributed by atoms with Crippen LogP contribution in [0.2, 0.25) is 0 Å². The molecule has 0 fully saturated rings. The summed E-state index contributed by atoms with van der Waals surface area (Å²) in [5.41, 5.74) is 1.05. The quantitative estimate of drug-likeness (QED) is 0.781. The number of thiophene rings is 1. The van der Waals surface area contributed by atoms with Crippen LogP contribution in [0.15, 0.2) is 44.7 Å². The minimum Gasteiger partial charge on any atom is -0.481 e. The van der Waals surface area contributed by atoms with Gasteiger partial charge in [-0.3, -0.25) is 4.79 Å². The zero-order chi connectivity index (χ0) is 13.8. The fraction of sp³-hybridized carbons (Fsp3) is 0.214. The Labute approximate surface area is 132 Å². The van der Waals surface area contributed by atoms with Crippen molar-refractivity contribution in [2.24, 2.45) is 5.92 Å². The Morgan fingerprint density at radius 3 is 2.32 bits per heavy atom. The molecular formula is C14H12Br2O2S. The largest absolute Gasteiger partial charge is 0.481 e. The number of aliphatic carboxylic acids is 1. The third kappa shape index (κ3) is 4.44. The third-order valence-corrected chi connectivity index (χ3v) is 5.00. The summed E-state index contributed by atoms with van der Waals surface area (Å²) in [6, 6.07) is 11.7. The summed E-state index contributed by atoms with van der Waals surface area (Å²) in [6.45, 7) is 0. The highest BCUT2D eigenvalue weighted by atomic mass is 79.9. The maximum absolute atomic E-state index is 11.4. The first-order valence-corrected chi connectivity index (χ1v) is 8.16. The van der Waals surface area contributed by atoms with Gasteiger partial charge in [0.2, 0.25) is 0 Å². The molecule has 0 saturated carbocycles. The summed E-state index contributed by atoms with van der Waals surface area (Å²) in [6.07, 6.45) is 1.12. The van der Waals surface area contributed by atoms with Crippen LogP contribution >= 0.6 is 43.2 Å². The number of halogens is 2. The summed E-state index contributed by atoms with van der Waals surface area (Å²) < 4.78 is 2.04. The first-order valence-electron chi connectivity index (χ1n) is 5.76. The van der Waals surface area contributed by atoms with Crippen molar-refractivity contribution < 1.29 is 9.90 Å². The van der Waals surface area contributed by atoms with E-state index in [0.29, 0.717) is 12.8 Å². The Morgan fingerprint density at radius 2 is 1.79 bits per heavy atom. The van der Waals surface area contributed by atoms with E-state index in [9.17, 15) is 9.90 Å². The van der Waals surface area contributed by atoms with Crippen molar-refractivity contribution in [3.8, 4) is 0 Å². The van der Waals surface area contributed by atoms with Gasteiger partial charge < -0.3 is 5.11 Å². The zero-order valence-electron chi connectivity index (χ0n) is 9.98. The van der Waals surface area contributed by atoms with Crippen molar-refractivity contribution in [3.05, 3.63) is 55.1 Å². The minimum absolute atomic E-state index is 0.383. The normalized spacial score (nSPS) is 12.3. The molecule has 2 nitrogen and oxygen atoms in total. The maximum Gasteiger partial charge on any atom is 0.307 e. The van der Waals surface area contributed by atoms with Crippen molar-refractivity contribution in [1.82, 2.24) is 0 Å². The van der Waals surface area contributed by atoms with Gasteiger partial charge in [-0.15, -0.1) is 11.3 Å². The Kier molecular flexibility index (Phi) is 5.19. The predicted octanol–water partition coefficient (Wildman–Crippen LogP) is 4.76. The minimum atomic E-state index is -0.743. The molecule has 0 radical (unpaired) electrons. The van der Waals surface area contributed by atoms with Crippen molar-refractivity contribution in [1.29, 1.82) is 0 Å². The second-order valence-electron chi connectivity index (χ2n) is 4.28. The average Bonchev–Trinajstić information content (AvgIpc) is 2.76. The zero-order valence-corrected chi connectivity index (χ0v) is 14.0. The van der Waals surface area contributed by atoms with Crippen molar-refractivity contribution >= 4 is 49.2 Å². The van der Waals surface area contributed by atoms with E-state index in [4.69, 9.17) is 0 Å². The lowest BCUT2D eigenvalue weighted by Crippen LogP contribution is -2.18. The van der Waals surface area contributed by atoms with Gasteiger partial charge in [-0.05, 0) is 58.6 Å². The van der Waals surface area contributed by atoms with Crippen molar-refractivity contribution in [2.75, 3.05) is 0 Å². The van der Waals surface area contributed by atoms with E-state index in [1.54, 1.807) is 11.3 Å². The van der Waals surface area contributed by atoms with E-state index in [1.165, 1.54) is 0 Å². The molecule has 5 heteroatoms. The standard InChI is InChI=1S/C14H12Br2O2S/c15-11-3-1-9(2-4-11)7-10(14(17)18)8-12-5-6-13(16)19-12/h1-6,10H,7-8H2,(H,17,18). The highest BCUT2D eigenvalue weighted by Crippen LogP contribution is 2.26. The second-order valence-corrected chi connectivity index (χ2v) is 7.74. The Balaban J connectivity index is 2.08. The molecule has 0 amide bonds. The molecule has 1 atom stereocenters. The van der Waals surface area contributed by atoms with Gasteiger partial charge in [-0.2, -0.15) is 0 Å². The van der Waals surface area contributed by atoms with Crippen LogP contribution in [0.25, 0.3) is 0 Å². The van der Waals surface area contributed by atoms with Gasteiger partial charge in [0.1, 0.15) is 0 Å². The molecule has 0 bridgehead atoms. The SMILES string of the molecule is O=C(O)C(Cc1ccc(Br)cc1)Cc1ccc(Br)s1. The highest BCUT2D eigenvalue weighted by molar-refractivity contribution is 9.11. The molecule has 1 aromatic carbocycles. The van der Waals surface area contributed by atoms with Gasteiger partial charge in [0.15, 0.2) is 0 Å². The van der Waals surface area contributed by atoms with Crippen LogP contribution in [0.4, 0.5) is 0 Å². The topological polar surface area (TPSA) is 37.3 Å². The van der Waals surface area contributed by atoms with Gasteiger partial charge in [0, 0.05) is 9.35 Å². The monoisotopic (exact) mass is 402 g/mol. The Morgan fingerprint density at radius 1 is 1.11 bits per heavy atom. The fourth-order valence-corrected chi connectivity index (χ4v) is 3.68. The number of hydrogen-bond donors (Lipinski definition) is 1. The maximum atomic E-state index is 11.4. The Bertz CT molecular complexity index is 563. The molecule has 1 heterocycles. The molecule has 0 aliphatic carbocycles. The van der Waals surface area contributed by atoms with Crippen LogP contribution in [0.3, 0.4) is 0 Å². The molecule has 1 aromatic heterocycles. The number of benzene rings is 1. The fourth-order valence-electron chi connectivity index (χ4n) is 1.86. The molecule has 2 aromatic rings. The van der Waals surface area contributed by atoms with E-state index in [2.05, 4.69) is 31.9 Å². The number of rotatable bonds is 5. The van der Waals surface area contributed by atoms with Crippen molar-refractivity contribution in [3.63, 3.8) is 0 Å². The lowest BCUT2D eigenvalue weighted by molar-refractivity contribution is -0.141. The number of hydrogen-bond acceptors (Lipinski definition) is 2. The number of carbonyl (C=O) groups is 1. The van der Waals surface area contributed by atoms with E-state index >= 15 is 0 Å². The van der Waals surface area contributed by atoms with Crippen molar-refractivity contribution in [2.45, 2.75) is 12.8 Å². The van der Waals surface area contributed by atoms with Crippen LogP contribution in [0.5, 0.6) is 0 Å². The average molecular weight is 404 g/mol. The number of carboxylic acid groups (broad SMARTS) is 1. The van der Waals surface area contributed by atoms with Gasteiger partial charge in [-0.25, -0.2) is 0 Å². The van der Waals surface area contributed by atoms with Gasteiger partial charge in [0.25, 0.3) is 0 Å². The molecule has 1 unspecified atom stereocenters. The van der Waals surface area contributed by atoms with Crippen LogP contribution < -0.4 is 0 Å². The lowest BCUT2D eigenvalue weighted by atomic mass is 9.96. The molecule has 19 heavy (non-hydrogen) atoms. The summed E-state index contributed by atoms with van der Waals surface area (Å²) >= 11 is 8.37. The highest BCUT2D eigenvalue weighted by Gasteiger charge is 2.19. The molecule has 100 valence electrons. The molecule has 0 aliphatic rings. The van der Waals surface area contributed by atoms with Crippen LogP contribution in [0, 0.1) is 5.92 Å². The first-order chi connectivity index (χ1) is 9.04. The molecule has 0 aliphatic heterocycles. The molecule has 0 saturated heterocycles. The molecular weight excluding hydrogens is 392 g/mol. The Hall–Kier alpha value is -0.650. The third-order valence-electron chi connectivity index (χ3n) is 2.82. The predicted molar refractivity (Wildman–Crippen MR) is 84.7 cm³/mol. The molecule has 0 spiro atoms. The van der Waals surface area contributed by atoms with Gasteiger partial charge in [-0.1, -0.05) is 28.1 Å². The molecule has 2 rings (SSSR count). The summed E-state index contributed by atoms with van der Waals surface area (Å²) in [7, 11) is 0.